The lowest BCUT2D eigenvalue weighted by Gasteiger charge is -2.04. The molecule has 0 aliphatic rings. The maximum absolute atomic E-state index is 12.2. The highest BCUT2D eigenvalue weighted by atomic mass is 32.1. The van der Waals surface area contributed by atoms with Crippen molar-refractivity contribution in [2.75, 3.05) is 5.32 Å². The monoisotopic (exact) mass is 380 g/mol. The molecule has 1 aromatic carbocycles. The van der Waals surface area contributed by atoms with Crippen molar-refractivity contribution in [1.29, 1.82) is 0 Å². The Bertz CT molecular complexity index is 1160. The zero-order valence-corrected chi connectivity index (χ0v) is 15.3. The van der Waals surface area contributed by atoms with Crippen molar-refractivity contribution in [1.82, 2.24) is 14.5 Å². The molecule has 0 radical (unpaired) electrons. The van der Waals surface area contributed by atoms with Crippen LogP contribution in [-0.4, -0.2) is 20.4 Å². The second kappa shape index (κ2) is 7.16. The second-order valence-electron chi connectivity index (χ2n) is 6.02. The predicted molar refractivity (Wildman–Crippen MR) is 104 cm³/mol. The van der Waals surface area contributed by atoms with Gasteiger partial charge in [-0.2, -0.15) is 0 Å². The van der Waals surface area contributed by atoms with Crippen molar-refractivity contribution in [3.05, 3.63) is 64.2 Å². The maximum Gasteiger partial charge on any atom is 0.419 e. The first-order valence-corrected chi connectivity index (χ1v) is 9.23. The van der Waals surface area contributed by atoms with Crippen LogP contribution in [0.25, 0.3) is 21.8 Å². The molecule has 0 spiro atoms. The molecule has 27 heavy (non-hydrogen) atoms. The van der Waals surface area contributed by atoms with E-state index in [-0.39, 0.29) is 5.91 Å². The van der Waals surface area contributed by atoms with Crippen molar-refractivity contribution < 1.29 is 9.21 Å². The molecule has 0 unspecified atom stereocenters. The molecular formula is C19H16N4O3S. The smallest absolute Gasteiger partial charge is 0.408 e. The van der Waals surface area contributed by atoms with Gasteiger partial charge in [-0.1, -0.05) is 6.07 Å². The van der Waals surface area contributed by atoms with E-state index < -0.39 is 5.76 Å². The summed E-state index contributed by atoms with van der Waals surface area (Å²) in [5, 5.41) is 5.61. The number of anilines is 1. The highest BCUT2D eigenvalue weighted by Gasteiger charge is 2.10. The number of aryl methyl sites for hydroxylation is 2. The molecule has 136 valence electrons. The number of fused-ring (bicyclic) bond motifs is 1. The molecule has 1 amide bonds. The summed E-state index contributed by atoms with van der Waals surface area (Å²) >= 11 is 1.51. The first-order chi connectivity index (χ1) is 13.1. The van der Waals surface area contributed by atoms with E-state index in [1.54, 1.807) is 31.4 Å². The summed E-state index contributed by atoms with van der Waals surface area (Å²) in [6.45, 7) is 0. The zero-order valence-electron chi connectivity index (χ0n) is 14.5. The molecular weight excluding hydrogens is 364 g/mol. The van der Waals surface area contributed by atoms with E-state index in [0.29, 0.717) is 29.6 Å². The Labute approximate surface area is 158 Å². The third-order valence-corrected chi connectivity index (χ3v) is 5.03. The van der Waals surface area contributed by atoms with Gasteiger partial charge in [0.2, 0.25) is 5.91 Å². The molecule has 0 fully saturated rings. The molecule has 3 heterocycles. The normalized spacial score (nSPS) is 11.0. The number of benzene rings is 1. The molecule has 3 aromatic heterocycles. The molecule has 7 nitrogen and oxygen atoms in total. The van der Waals surface area contributed by atoms with Crippen LogP contribution in [-0.2, 0) is 18.3 Å². The molecule has 0 aliphatic carbocycles. The van der Waals surface area contributed by atoms with Crippen LogP contribution in [0.5, 0.6) is 0 Å². The zero-order chi connectivity index (χ0) is 18.8. The first-order valence-electron chi connectivity index (χ1n) is 8.35. The summed E-state index contributed by atoms with van der Waals surface area (Å²) in [7, 11) is 1.64. The largest absolute Gasteiger partial charge is 0.419 e. The topological polar surface area (TPSA) is 90.0 Å². The molecule has 0 aliphatic heterocycles. The number of amides is 1. The third kappa shape index (κ3) is 3.65. The van der Waals surface area contributed by atoms with Crippen molar-refractivity contribution in [3.63, 3.8) is 0 Å². The van der Waals surface area contributed by atoms with Gasteiger partial charge in [-0.3, -0.25) is 14.3 Å². The van der Waals surface area contributed by atoms with Crippen LogP contribution in [0.3, 0.4) is 0 Å². The molecule has 0 saturated carbocycles. The van der Waals surface area contributed by atoms with Gasteiger partial charge in [-0.25, -0.2) is 9.78 Å². The molecule has 0 saturated heterocycles. The molecule has 8 heteroatoms. The number of aromatic nitrogens is 3. The van der Waals surface area contributed by atoms with E-state index in [2.05, 4.69) is 15.3 Å². The molecule has 4 aromatic rings. The Morgan fingerprint density at radius 1 is 1.30 bits per heavy atom. The maximum atomic E-state index is 12.2. The highest BCUT2D eigenvalue weighted by molar-refractivity contribution is 7.13. The Morgan fingerprint density at radius 3 is 3.00 bits per heavy atom. The number of pyridine rings is 1. The fourth-order valence-electron chi connectivity index (χ4n) is 2.71. The fourth-order valence-corrected chi connectivity index (χ4v) is 3.54. The van der Waals surface area contributed by atoms with Gasteiger partial charge in [-0.15, -0.1) is 11.3 Å². The summed E-state index contributed by atoms with van der Waals surface area (Å²) in [5.41, 5.74) is 3.41. The number of oxazole rings is 1. The standard InChI is InChI=1S/C19H16N4O3S/c1-23-15-7-5-12(10-16(15)26-19(23)25)21-17(24)8-6-13-11-27-18(22-13)14-4-2-3-9-20-14/h2-5,7,9-11H,6,8H2,1H3,(H,21,24). The predicted octanol–water partition coefficient (Wildman–Crippen LogP) is 3.22. The number of carbonyl (C=O) groups is 1. The lowest BCUT2D eigenvalue weighted by molar-refractivity contribution is -0.116. The van der Waals surface area contributed by atoms with E-state index in [0.717, 1.165) is 16.4 Å². The van der Waals surface area contributed by atoms with Gasteiger partial charge in [0.25, 0.3) is 0 Å². The summed E-state index contributed by atoms with van der Waals surface area (Å²) < 4.78 is 6.56. The van der Waals surface area contributed by atoms with Crippen LogP contribution in [0.15, 0.2) is 57.2 Å². The van der Waals surface area contributed by atoms with Gasteiger partial charge in [0.15, 0.2) is 5.58 Å². The van der Waals surface area contributed by atoms with Gasteiger partial charge in [0.05, 0.1) is 16.9 Å². The number of rotatable bonds is 5. The first kappa shape index (κ1) is 17.2. The summed E-state index contributed by atoms with van der Waals surface area (Å²) in [6, 6.07) is 10.8. The van der Waals surface area contributed by atoms with Crippen LogP contribution in [0, 0.1) is 0 Å². The van der Waals surface area contributed by atoms with Gasteiger partial charge in [0.1, 0.15) is 5.01 Å². The number of hydrogen-bond acceptors (Lipinski definition) is 6. The Hall–Kier alpha value is -3.26. The Balaban J connectivity index is 1.39. The quantitative estimate of drug-likeness (QED) is 0.574. The molecule has 1 N–H and O–H groups in total. The highest BCUT2D eigenvalue weighted by Crippen LogP contribution is 2.22. The van der Waals surface area contributed by atoms with Crippen LogP contribution in [0.4, 0.5) is 5.69 Å². The molecule has 4 rings (SSSR count). The number of hydrogen-bond donors (Lipinski definition) is 1. The van der Waals surface area contributed by atoms with Gasteiger partial charge in [0, 0.05) is 36.8 Å². The second-order valence-corrected chi connectivity index (χ2v) is 6.87. The Kier molecular flexibility index (Phi) is 4.55. The van der Waals surface area contributed by atoms with Crippen molar-refractivity contribution in [2.45, 2.75) is 12.8 Å². The van der Waals surface area contributed by atoms with Gasteiger partial charge >= 0.3 is 5.76 Å². The average Bonchev–Trinajstić information content (AvgIpc) is 3.26. The fraction of sp³-hybridized carbons (Fsp3) is 0.158. The third-order valence-electron chi connectivity index (χ3n) is 4.12. The molecule has 0 bridgehead atoms. The van der Waals surface area contributed by atoms with Crippen LogP contribution in [0.1, 0.15) is 12.1 Å². The van der Waals surface area contributed by atoms with Crippen molar-refractivity contribution in [3.8, 4) is 10.7 Å². The lowest BCUT2D eigenvalue weighted by atomic mass is 10.2. The minimum atomic E-state index is -0.430. The van der Waals surface area contributed by atoms with Crippen LogP contribution in [0.2, 0.25) is 0 Å². The van der Waals surface area contributed by atoms with E-state index in [1.165, 1.54) is 15.9 Å². The van der Waals surface area contributed by atoms with Gasteiger partial charge < -0.3 is 9.73 Å². The summed E-state index contributed by atoms with van der Waals surface area (Å²) in [4.78, 5) is 32.6. The van der Waals surface area contributed by atoms with E-state index in [1.807, 2.05) is 23.6 Å². The molecule has 0 atom stereocenters. The van der Waals surface area contributed by atoms with Crippen molar-refractivity contribution >= 4 is 34.0 Å². The summed E-state index contributed by atoms with van der Waals surface area (Å²) in [6.07, 6.45) is 2.58. The number of nitrogens with zero attached hydrogens (tertiary/aromatic N) is 3. The van der Waals surface area contributed by atoms with E-state index in [9.17, 15) is 9.59 Å². The van der Waals surface area contributed by atoms with E-state index in [4.69, 9.17) is 4.42 Å². The van der Waals surface area contributed by atoms with E-state index >= 15 is 0 Å². The average molecular weight is 380 g/mol. The van der Waals surface area contributed by atoms with Crippen LogP contribution >= 0.6 is 11.3 Å². The minimum absolute atomic E-state index is 0.125. The number of carbonyl (C=O) groups excluding carboxylic acids is 1. The number of thiazole rings is 1. The Morgan fingerprint density at radius 2 is 2.19 bits per heavy atom. The minimum Gasteiger partial charge on any atom is -0.408 e. The lowest BCUT2D eigenvalue weighted by Crippen LogP contribution is -2.12. The van der Waals surface area contributed by atoms with Crippen LogP contribution < -0.4 is 11.1 Å². The van der Waals surface area contributed by atoms with Gasteiger partial charge in [-0.05, 0) is 30.7 Å². The summed E-state index contributed by atoms with van der Waals surface area (Å²) in [5.74, 6) is -0.555. The number of nitrogens with one attached hydrogen (secondary N) is 1. The SMILES string of the molecule is Cn1c(=O)oc2cc(NC(=O)CCc3csc(-c4ccccn4)n3)ccc21. The van der Waals surface area contributed by atoms with Crippen molar-refractivity contribution in [2.24, 2.45) is 7.05 Å².